The van der Waals surface area contributed by atoms with Crippen molar-refractivity contribution in [2.75, 3.05) is 4.90 Å². The lowest BCUT2D eigenvalue weighted by Crippen LogP contribution is -2.22. The fraction of sp³-hybridized carbons (Fsp3) is 0. The molecule has 2 heterocycles. The van der Waals surface area contributed by atoms with Gasteiger partial charge in [0, 0.05) is 44.1 Å². The molecule has 0 radical (unpaired) electrons. The molecule has 0 fully saturated rings. The van der Waals surface area contributed by atoms with Gasteiger partial charge in [-0.05, 0) is 76.9 Å². The van der Waals surface area contributed by atoms with Gasteiger partial charge in [-0.15, -0.1) is 0 Å². The van der Waals surface area contributed by atoms with Crippen molar-refractivity contribution in [2.45, 2.75) is 0 Å². The molecule has 246 valence electrons. The van der Waals surface area contributed by atoms with Crippen LogP contribution in [0.2, 0.25) is 0 Å². The highest BCUT2D eigenvalue weighted by molar-refractivity contribution is 7.86. The van der Waals surface area contributed by atoms with Gasteiger partial charge in [0.25, 0.3) is 0 Å². The quantitative estimate of drug-likeness (QED) is 0.163. The van der Waals surface area contributed by atoms with Gasteiger partial charge in [0.05, 0.1) is 16.3 Å². The molecule has 1 aliphatic heterocycles. The molecule has 0 aliphatic carbocycles. The molecule has 0 spiro atoms. The molecule has 1 unspecified atom stereocenters. The number of aromatic nitrogens is 1. The van der Waals surface area contributed by atoms with Crippen LogP contribution in [0.1, 0.15) is 0 Å². The molecule has 1 aromatic heterocycles. The summed E-state index contributed by atoms with van der Waals surface area (Å²) in [7, 11) is -3.19. The van der Waals surface area contributed by atoms with E-state index in [4.69, 9.17) is 0 Å². The first-order valence-electron chi connectivity index (χ1n) is 17.6. The summed E-state index contributed by atoms with van der Waals surface area (Å²) >= 11 is 0. The lowest BCUT2D eigenvalue weighted by Gasteiger charge is -2.25. The van der Waals surface area contributed by atoms with E-state index in [1.165, 1.54) is 0 Å². The van der Waals surface area contributed by atoms with Gasteiger partial charge in [0.1, 0.15) is 0 Å². The maximum Gasteiger partial charge on any atom is 0.174 e. The minimum atomic E-state index is -3.19. The number of nitrogens with zero attached hydrogens (tertiary/aromatic N) is 2. The third-order valence-corrected chi connectivity index (χ3v) is 13.6. The average Bonchev–Trinajstić information content (AvgIpc) is 3.70. The fourth-order valence-electron chi connectivity index (χ4n) is 8.05. The molecule has 3 nitrogen and oxygen atoms in total. The third-order valence-electron chi connectivity index (χ3n) is 10.4. The topological polar surface area (TPSA) is 25.2 Å². The number of para-hydroxylation sites is 3. The van der Waals surface area contributed by atoms with Crippen molar-refractivity contribution in [3.8, 4) is 27.9 Å². The Morgan fingerprint density at radius 3 is 1.63 bits per heavy atom. The molecule has 8 aromatic carbocycles. The van der Waals surface area contributed by atoms with E-state index in [2.05, 4.69) is 161 Å². The molecule has 0 saturated heterocycles. The Bertz CT molecular complexity index is 2750. The zero-order chi connectivity index (χ0) is 34.6. The molecule has 0 bridgehead atoms. The Balaban J connectivity index is 1.11. The van der Waals surface area contributed by atoms with E-state index in [9.17, 15) is 0 Å². The van der Waals surface area contributed by atoms with Crippen LogP contribution in [-0.2, 0) is 4.57 Å². The number of fused-ring (bicyclic) bond motifs is 7. The Morgan fingerprint density at radius 2 is 0.962 bits per heavy atom. The van der Waals surface area contributed by atoms with Crippen molar-refractivity contribution in [1.29, 1.82) is 0 Å². The molecule has 0 saturated carbocycles. The number of hydrogen-bond acceptors (Lipinski definition) is 2. The molecule has 52 heavy (non-hydrogen) atoms. The van der Waals surface area contributed by atoms with Crippen molar-refractivity contribution >= 4 is 61.9 Å². The first-order valence-corrected chi connectivity index (χ1v) is 19.3. The highest BCUT2D eigenvalue weighted by Crippen LogP contribution is 2.55. The molecule has 1 aliphatic rings. The second-order valence-electron chi connectivity index (χ2n) is 13.3. The van der Waals surface area contributed by atoms with E-state index in [0.29, 0.717) is 0 Å². The summed E-state index contributed by atoms with van der Waals surface area (Å²) in [5.41, 5.74) is 10.9. The van der Waals surface area contributed by atoms with E-state index in [-0.39, 0.29) is 0 Å². The lowest BCUT2D eigenvalue weighted by molar-refractivity contribution is 0.593. The molecule has 4 heteroatoms. The summed E-state index contributed by atoms with van der Waals surface area (Å²) in [6.45, 7) is 0. The monoisotopic (exact) mass is 684 g/mol. The average molecular weight is 685 g/mol. The number of rotatable bonds is 6. The van der Waals surface area contributed by atoms with Crippen molar-refractivity contribution in [3.05, 3.63) is 200 Å². The van der Waals surface area contributed by atoms with E-state index >= 15 is 4.57 Å². The minimum absolute atomic E-state index is 0.863. The molecular formula is C48H33N2OP. The fourth-order valence-corrected chi connectivity index (χ4v) is 11.3. The van der Waals surface area contributed by atoms with Crippen LogP contribution >= 0.6 is 7.14 Å². The smallest absolute Gasteiger partial charge is 0.174 e. The standard InChI is InChI=1S/C48H33N2OP/c51-52(40-18-8-3-9-19-40)46-23-13-11-21-42(46)44-33-32-43-41-20-10-12-22-45(41)50(47(43)48(44)52)39-30-26-35(27-31-39)34-24-28-38(29-25-34)49(36-14-4-1-5-15-36)37-16-6-2-7-17-37/h1-33H. The number of anilines is 3. The maximum absolute atomic E-state index is 15.8. The van der Waals surface area contributed by atoms with E-state index in [1.54, 1.807) is 0 Å². The molecule has 0 N–H and O–H groups in total. The summed E-state index contributed by atoms with van der Waals surface area (Å²) in [5.74, 6) is 0. The summed E-state index contributed by atoms with van der Waals surface area (Å²) in [6.07, 6.45) is 0. The lowest BCUT2D eigenvalue weighted by atomic mass is 10.0. The normalized spacial score (nSPS) is 14.7. The van der Waals surface area contributed by atoms with Crippen LogP contribution < -0.4 is 20.8 Å². The summed E-state index contributed by atoms with van der Waals surface area (Å²) in [6, 6.07) is 69.8. The van der Waals surface area contributed by atoms with Crippen molar-refractivity contribution in [2.24, 2.45) is 0 Å². The van der Waals surface area contributed by atoms with E-state index in [0.717, 1.165) is 82.7 Å². The van der Waals surface area contributed by atoms with Crippen LogP contribution in [0.25, 0.3) is 49.7 Å². The molecule has 0 amide bonds. The summed E-state index contributed by atoms with van der Waals surface area (Å²) in [4.78, 5) is 2.28. The van der Waals surface area contributed by atoms with Gasteiger partial charge >= 0.3 is 0 Å². The van der Waals surface area contributed by atoms with Gasteiger partial charge in [-0.2, -0.15) is 0 Å². The van der Waals surface area contributed by atoms with E-state index < -0.39 is 7.14 Å². The minimum Gasteiger partial charge on any atom is -0.311 e. The maximum atomic E-state index is 15.8. The van der Waals surface area contributed by atoms with Crippen LogP contribution in [0, 0.1) is 0 Å². The van der Waals surface area contributed by atoms with Crippen LogP contribution in [0.15, 0.2) is 200 Å². The first-order chi connectivity index (χ1) is 25.7. The highest BCUT2D eigenvalue weighted by atomic mass is 31.2. The van der Waals surface area contributed by atoms with Crippen molar-refractivity contribution < 1.29 is 4.57 Å². The van der Waals surface area contributed by atoms with Crippen molar-refractivity contribution in [1.82, 2.24) is 4.57 Å². The predicted octanol–water partition coefficient (Wildman–Crippen LogP) is 11.5. The Morgan fingerprint density at radius 1 is 0.423 bits per heavy atom. The highest BCUT2D eigenvalue weighted by Gasteiger charge is 2.42. The summed E-state index contributed by atoms with van der Waals surface area (Å²) in [5, 5.41) is 4.96. The summed E-state index contributed by atoms with van der Waals surface area (Å²) < 4.78 is 18.1. The van der Waals surface area contributed by atoms with Gasteiger partial charge in [-0.1, -0.05) is 146 Å². The van der Waals surface area contributed by atoms with Crippen LogP contribution in [0.4, 0.5) is 17.1 Å². The number of benzene rings is 8. The van der Waals surface area contributed by atoms with E-state index in [1.807, 2.05) is 48.5 Å². The van der Waals surface area contributed by atoms with Gasteiger partial charge in [0.15, 0.2) is 7.14 Å². The largest absolute Gasteiger partial charge is 0.311 e. The predicted molar refractivity (Wildman–Crippen MR) is 219 cm³/mol. The molecule has 10 rings (SSSR count). The zero-order valence-electron chi connectivity index (χ0n) is 28.3. The SMILES string of the molecule is O=P1(c2ccccc2)c2ccccc2-c2ccc3c4ccccc4n(-c4ccc(-c5ccc(N(c6ccccc6)c6ccccc6)cc5)cc4)c3c21. The Kier molecular flexibility index (Phi) is 7.09. The molecule has 1 atom stereocenters. The van der Waals surface area contributed by atoms with Gasteiger partial charge in [0.2, 0.25) is 0 Å². The second-order valence-corrected chi connectivity index (χ2v) is 15.9. The van der Waals surface area contributed by atoms with Gasteiger partial charge in [-0.25, -0.2) is 0 Å². The third kappa shape index (κ3) is 4.64. The van der Waals surface area contributed by atoms with Crippen LogP contribution in [-0.4, -0.2) is 4.57 Å². The first kappa shape index (κ1) is 30.4. The van der Waals surface area contributed by atoms with Gasteiger partial charge < -0.3 is 14.0 Å². The Hall–Kier alpha value is -6.41. The Labute approximate surface area is 303 Å². The molecular weight excluding hydrogens is 652 g/mol. The molecule has 9 aromatic rings. The van der Waals surface area contributed by atoms with Crippen LogP contribution in [0.3, 0.4) is 0 Å². The van der Waals surface area contributed by atoms with Crippen molar-refractivity contribution in [3.63, 3.8) is 0 Å². The zero-order valence-corrected chi connectivity index (χ0v) is 29.2. The van der Waals surface area contributed by atoms with Crippen LogP contribution in [0.5, 0.6) is 0 Å². The number of hydrogen-bond donors (Lipinski definition) is 0. The second kappa shape index (κ2) is 12.1. The van der Waals surface area contributed by atoms with Gasteiger partial charge in [-0.3, -0.25) is 0 Å².